The first-order chi connectivity index (χ1) is 45.6. The number of esters is 2. The molecule has 0 heterocycles. The number of carboxylic acid groups (broad SMARTS) is 1. The van der Waals surface area contributed by atoms with Gasteiger partial charge in [0.15, 0.2) is 12.4 Å². The third-order valence-corrected chi connectivity index (χ3v) is 16.4. The summed E-state index contributed by atoms with van der Waals surface area (Å²) in [6, 6.07) is 0. The smallest absolute Gasteiger partial charge is 0.306 e. The largest absolute Gasteiger partial charge is 0.545 e. The Morgan fingerprint density at radius 1 is 0.323 bits per heavy atom. The molecule has 0 aliphatic rings. The molecule has 0 amide bonds. The molecule has 93 heavy (non-hydrogen) atoms. The summed E-state index contributed by atoms with van der Waals surface area (Å²) in [5.74, 6) is -2.27. The van der Waals surface area contributed by atoms with Crippen LogP contribution in [0, 0.1) is 0 Å². The summed E-state index contributed by atoms with van der Waals surface area (Å²) in [6.07, 6.45) is 103. The van der Waals surface area contributed by atoms with Gasteiger partial charge >= 0.3 is 11.9 Å². The number of aliphatic carboxylic acids is 1. The molecule has 0 spiro atoms. The van der Waals surface area contributed by atoms with Gasteiger partial charge in [-0.2, -0.15) is 0 Å². The van der Waals surface area contributed by atoms with E-state index in [2.05, 4.69) is 148 Å². The maximum absolute atomic E-state index is 13.0. The van der Waals surface area contributed by atoms with Crippen LogP contribution in [0.15, 0.2) is 134 Å². The van der Waals surface area contributed by atoms with Gasteiger partial charge in [-0.05, 0) is 109 Å². The minimum absolute atomic E-state index is 0.144. The number of carbonyl (C=O) groups is 3. The summed E-state index contributed by atoms with van der Waals surface area (Å²) in [5.41, 5.74) is 0. The van der Waals surface area contributed by atoms with Gasteiger partial charge in [-0.3, -0.25) is 9.59 Å². The molecule has 0 bridgehead atoms. The van der Waals surface area contributed by atoms with E-state index in [9.17, 15) is 19.5 Å². The third-order valence-electron chi connectivity index (χ3n) is 16.4. The highest BCUT2D eigenvalue weighted by molar-refractivity contribution is 5.70. The number of allylic oxidation sites excluding steroid dienone is 22. The number of unbranched alkanes of at least 4 members (excludes halogenated alkanes) is 33. The van der Waals surface area contributed by atoms with Gasteiger partial charge in [0.05, 0.1) is 40.3 Å². The number of nitrogens with zero attached hydrogens (tertiary/aromatic N) is 1. The van der Waals surface area contributed by atoms with Crippen LogP contribution in [0.4, 0.5) is 0 Å². The monoisotopic (exact) mass is 1290 g/mol. The quantitative estimate of drug-likeness (QED) is 0.0195. The van der Waals surface area contributed by atoms with Crippen molar-refractivity contribution in [3.63, 3.8) is 0 Å². The number of likely N-dealkylation sites (N-methyl/N-ethyl adjacent to an activating group) is 1. The van der Waals surface area contributed by atoms with Crippen LogP contribution in [-0.2, 0) is 33.3 Å². The molecule has 0 aliphatic carbocycles. The van der Waals surface area contributed by atoms with E-state index in [4.69, 9.17) is 18.9 Å². The van der Waals surface area contributed by atoms with Gasteiger partial charge in [0.2, 0.25) is 0 Å². The van der Waals surface area contributed by atoms with E-state index >= 15 is 0 Å². The molecule has 0 fully saturated rings. The summed E-state index contributed by atoms with van der Waals surface area (Å²) >= 11 is 0. The molecule has 0 N–H and O–H groups in total. The van der Waals surface area contributed by atoms with Crippen LogP contribution in [0.1, 0.15) is 322 Å². The molecule has 532 valence electrons. The topological polar surface area (TPSA) is 111 Å². The molecule has 0 saturated heterocycles. The number of hydrogen-bond donors (Lipinski definition) is 0. The van der Waals surface area contributed by atoms with Crippen LogP contribution in [0.3, 0.4) is 0 Å². The summed E-state index contributed by atoms with van der Waals surface area (Å²) in [7, 11) is 5.94. The average Bonchev–Trinajstić information content (AvgIpc) is 3.74. The van der Waals surface area contributed by atoms with E-state index in [1.807, 2.05) is 21.1 Å². The first-order valence-corrected chi connectivity index (χ1v) is 38.3. The van der Waals surface area contributed by atoms with Crippen LogP contribution in [0.2, 0.25) is 0 Å². The number of rotatable bonds is 70. The highest BCUT2D eigenvalue weighted by Gasteiger charge is 2.22. The molecule has 0 aliphatic heterocycles. The first-order valence-electron chi connectivity index (χ1n) is 38.3. The number of quaternary nitrogens is 1. The van der Waals surface area contributed by atoms with Gasteiger partial charge in [-0.15, -0.1) is 0 Å². The Morgan fingerprint density at radius 2 is 0.581 bits per heavy atom. The van der Waals surface area contributed by atoms with Gasteiger partial charge in [-0.25, -0.2) is 0 Å². The van der Waals surface area contributed by atoms with E-state index in [0.29, 0.717) is 17.4 Å². The van der Waals surface area contributed by atoms with Gasteiger partial charge in [0, 0.05) is 12.8 Å². The Hall–Kier alpha value is -4.57. The SMILES string of the molecule is CC/C=C\C/C=C\C/C=C\C/C=C\C/C=C\C/C=C\CCCCCCCCCCCCCCCCCCC(=O)OC(COC(=O)CCCCCCCCCCCCCCCCCCC/C=C\C/C=C\C/C=C\C/C=C\C/C=C\CC)COC(OCC[N+](C)(C)C)C(=O)[O-]. The van der Waals surface area contributed by atoms with Gasteiger partial charge in [0.25, 0.3) is 0 Å². The summed E-state index contributed by atoms with van der Waals surface area (Å²) in [5, 5.41) is 11.9. The van der Waals surface area contributed by atoms with Crippen molar-refractivity contribution >= 4 is 17.9 Å². The number of ether oxygens (including phenoxy) is 4. The normalized spacial score (nSPS) is 13.4. The van der Waals surface area contributed by atoms with Crippen molar-refractivity contribution in [2.45, 2.75) is 334 Å². The summed E-state index contributed by atoms with van der Waals surface area (Å²) < 4.78 is 22.9. The Kier molecular flexibility index (Phi) is 69.6. The standard InChI is InChI=1S/C84H143NO8/c1-6-8-10-12-14-16-18-20-22-24-26-28-30-32-34-36-38-40-41-43-45-47-49-51-53-55-57-59-61-63-65-67-69-71-73-75-82(87)93-80(79-92-84(83(88)89)90-77-76-85(3,4)5)78-91-81(86)74-72-70-68-66-64-62-60-58-56-54-52-50-48-46-44-42-39-37-35-33-31-29-27-25-23-21-19-17-15-13-11-9-7-2/h8-11,14-17,20-23,26-29,32-35,38,40,80,84H,6-7,12-13,18-19,24-25,30-31,36-37,39,41-79H2,1-5H3/b10-8-,11-9-,16-14-,17-15-,22-20-,23-21-,28-26-,29-27-,34-32-,35-33-,40-38-. The maximum Gasteiger partial charge on any atom is 0.306 e. The molecule has 9 nitrogen and oxygen atoms in total. The predicted molar refractivity (Wildman–Crippen MR) is 398 cm³/mol. The highest BCUT2D eigenvalue weighted by Crippen LogP contribution is 2.18. The second-order valence-corrected chi connectivity index (χ2v) is 26.5. The van der Waals surface area contributed by atoms with Crippen molar-refractivity contribution in [3.05, 3.63) is 134 Å². The fraction of sp³-hybridized carbons (Fsp3) is 0.702. The lowest BCUT2D eigenvalue weighted by atomic mass is 10.0. The van der Waals surface area contributed by atoms with Crippen LogP contribution >= 0.6 is 0 Å². The molecule has 2 unspecified atom stereocenters. The van der Waals surface area contributed by atoms with Crippen molar-refractivity contribution in [1.29, 1.82) is 0 Å². The molecule has 0 saturated carbocycles. The molecule has 0 radical (unpaired) electrons. The molecular weight excluding hydrogens is 1150 g/mol. The van der Waals surface area contributed by atoms with Crippen LogP contribution < -0.4 is 5.11 Å². The minimum Gasteiger partial charge on any atom is -0.545 e. The molecule has 9 heteroatoms. The fourth-order valence-corrected chi connectivity index (χ4v) is 10.6. The molecule has 0 rings (SSSR count). The molecule has 0 aromatic carbocycles. The molecule has 0 aromatic rings. The number of carboxylic acids is 1. The molecule has 2 atom stereocenters. The van der Waals surface area contributed by atoms with Gasteiger partial charge in [-0.1, -0.05) is 334 Å². The van der Waals surface area contributed by atoms with Crippen molar-refractivity contribution < 1.29 is 42.9 Å². The highest BCUT2D eigenvalue weighted by atomic mass is 16.7. The summed E-state index contributed by atoms with van der Waals surface area (Å²) in [6.45, 7) is 4.55. The van der Waals surface area contributed by atoms with Crippen molar-refractivity contribution in [2.75, 3.05) is 47.5 Å². The van der Waals surface area contributed by atoms with Crippen molar-refractivity contribution in [2.24, 2.45) is 0 Å². The first kappa shape index (κ1) is 88.4. The second-order valence-electron chi connectivity index (χ2n) is 26.5. The Labute approximate surface area is 573 Å². The number of carbonyl (C=O) groups excluding carboxylic acids is 3. The lowest BCUT2D eigenvalue weighted by Gasteiger charge is -2.26. The van der Waals surface area contributed by atoms with E-state index < -0.39 is 24.3 Å². The zero-order valence-electron chi connectivity index (χ0n) is 60.8. The van der Waals surface area contributed by atoms with Crippen LogP contribution in [0.5, 0.6) is 0 Å². The van der Waals surface area contributed by atoms with Crippen molar-refractivity contribution in [3.8, 4) is 0 Å². The Balaban J connectivity index is 4.06. The zero-order valence-corrected chi connectivity index (χ0v) is 60.8. The van der Waals surface area contributed by atoms with Crippen LogP contribution in [0.25, 0.3) is 0 Å². The summed E-state index contributed by atoms with van der Waals surface area (Å²) in [4.78, 5) is 37.6. The fourth-order valence-electron chi connectivity index (χ4n) is 10.6. The average molecular weight is 1300 g/mol. The lowest BCUT2D eigenvalue weighted by Crippen LogP contribution is -2.44. The van der Waals surface area contributed by atoms with E-state index in [-0.39, 0.29) is 38.6 Å². The third kappa shape index (κ3) is 74.7. The van der Waals surface area contributed by atoms with E-state index in [1.165, 1.54) is 180 Å². The van der Waals surface area contributed by atoms with Gasteiger partial charge < -0.3 is 33.3 Å². The van der Waals surface area contributed by atoms with E-state index in [1.54, 1.807) is 0 Å². The predicted octanol–water partition coefficient (Wildman–Crippen LogP) is 23.1. The molecular formula is C84H143NO8. The second kappa shape index (κ2) is 73.2. The minimum atomic E-state index is -1.63. The van der Waals surface area contributed by atoms with Crippen molar-refractivity contribution in [1.82, 2.24) is 0 Å². The Bertz CT molecular complexity index is 2000. The zero-order chi connectivity index (χ0) is 67.5. The van der Waals surface area contributed by atoms with Gasteiger partial charge in [0.1, 0.15) is 13.2 Å². The molecule has 0 aromatic heterocycles. The van der Waals surface area contributed by atoms with Crippen LogP contribution in [-0.4, -0.2) is 82.3 Å². The number of hydrogen-bond acceptors (Lipinski definition) is 8. The Morgan fingerprint density at radius 3 is 0.860 bits per heavy atom. The lowest BCUT2D eigenvalue weighted by molar-refractivity contribution is -0.870. The van der Waals surface area contributed by atoms with E-state index in [0.717, 1.165) is 109 Å². The maximum atomic E-state index is 13.0.